The molecular weight excluding hydrogens is 1020 g/mol. The number of nitrogens with zero attached hydrogens (tertiary/aromatic N) is 9. The zero-order valence-electron chi connectivity index (χ0n) is 38.5. The van der Waals surface area contributed by atoms with Crippen molar-refractivity contribution < 1.29 is 99.7 Å². The summed E-state index contributed by atoms with van der Waals surface area (Å²) in [5.41, 5.74) is -12.3. The van der Waals surface area contributed by atoms with Crippen molar-refractivity contribution in [2.45, 2.75) is 142 Å². The summed E-state index contributed by atoms with van der Waals surface area (Å²) in [6.45, 7) is 8.66. The second-order valence-electron chi connectivity index (χ2n) is 15.5. The molecule has 3 aromatic heterocycles. The van der Waals surface area contributed by atoms with E-state index in [-0.39, 0.29) is 38.8 Å². The van der Waals surface area contributed by atoms with Gasteiger partial charge in [0.1, 0.15) is 5.60 Å². The number of Topliss-reactive ketones (excluding diaryl/α,β-unsaturated/α-hetero) is 2. The second kappa shape index (κ2) is 27.5. The fourth-order valence-corrected chi connectivity index (χ4v) is 4.97. The zero-order valence-corrected chi connectivity index (χ0v) is 38.5. The van der Waals surface area contributed by atoms with E-state index in [0.717, 1.165) is 19.3 Å². The number of amides is 2. The molecule has 0 fully saturated rings. The standard InChI is InChI=1S/C15H18F6N4O3.C15H21F3N4O2.C9H7F6N3O2/c1-13(2,3)28-8(26)6-4-5-7-22-12(27)11-23-9(14(16,17)18)10(24-25-11)15(19,20)21;1-3-5-7-8-10(23)13-20-11(14(24)19-9-6-4-2)12(21-22-13)15(16,17)18;10-8(11,12)5-6(9(13,14)15)17-18-7(16-5)4(20)2-1-3-19/h4-7H2,1-3H3,(H,22,27);3-9H2,1-2H3,(H,19,24);19H,1-3H2. The summed E-state index contributed by atoms with van der Waals surface area (Å²) in [6.07, 6.45) is -22.6. The molecule has 18 nitrogen and oxygen atoms in total. The SMILES string of the molecule is CC(C)(C)OC(=O)CCCCNC(=O)c1nnc(C(F)(F)F)c(C(F)(F)F)n1.CCCCCC(=O)c1nnc(C(F)(F)F)c(C(=O)NCCCC)n1.O=C(CCCO)c1nnc(C(F)(F)F)c(C(F)(F)F)n1. The van der Waals surface area contributed by atoms with Crippen LogP contribution in [0.25, 0.3) is 0 Å². The van der Waals surface area contributed by atoms with Gasteiger partial charge < -0.3 is 20.5 Å². The highest BCUT2D eigenvalue weighted by atomic mass is 19.4. The summed E-state index contributed by atoms with van der Waals surface area (Å²) in [5, 5.41) is 29.7. The lowest BCUT2D eigenvalue weighted by molar-refractivity contribution is -0.168. The Morgan fingerprint density at radius 2 is 0.847 bits per heavy atom. The number of hydrogen-bond donors (Lipinski definition) is 3. The van der Waals surface area contributed by atoms with Gasteiger partial charge in [-0.15, -0.1) is 30.6 Å². The quantitative estimate of drug-likeness (QED) is 0.0442. The molecule has 0 aliphatic heterocycles. The number of rotatable bonds is 19. The molecule has 33 heteroatoms. The van der Waals surface area contributed by atoms with Gasteiger partial charge in [-0.3, -0.25) is 24.0 Å². The Morgan fingerprint density at radius 1 is 0.458 bits per heavy atom. The summed E-state index contributed by atoms with van der Waals surface area (Å²) in [5.74, 6) is -6.91. The molecule has 404 valence electrons. The summed E-state index contributed by atoms with van der Waals surface area (Å²) >= 11 is 0. The highest BCUT2D eigenvalue weighted by Gasteiger charge is 2.49. The van der Waals surface area contributed by atoms with Crippen LogP contribution in [0.1, 0.15) is 176 Å². The van der Waals surface area contributed by atoms with Gasteiger partial charge in [0.25, 0.3) is 11.8 Å². The average Bonchev–Trinajstić information content (AvgIpc) is 3.25. The summed E-state index contributed by atoms with van der Waals surface area (Å²) in [4.78, 5) is 67.3. The van der Waals surface area contributed by atoms with Gasteiger partial charge in [0, 0.05) is 39.0 Å². The summed E-state index contributed by atoms with van der Waals surface area (Å²) in [6, 6.07) is 0. The maximum absolute atomic E-state index is 13.0. The van der Waals surface area contributed by atoms with E-state index in [0.29, 0.717) is 19.3 Å². The number of nitrogens with one attached hydrogen (secondary N) is 2. The molecule has 3 rings (SSSR count). The topological polar surface area (TPSA) is 255 Å². The van der Waals surface area contributed by atoms with Crippen LogP contribution in [0.4, 0.5) is 65.9 Å². The van der Waals surface area contributed by atoms with Crippen molar-refractivity contribution in [3.05, 3.63) is 51.6 Å². The Kier molecular flexibility index (Phi) is 24.3. The number of aliphatic hydroxyl groups excluding tert-OH is 1. The largest absolute Gasteiger partial charge is 0.460 e. The van der Waals surface area contributed by atoms with Gasteiger partial charge in [0.15, 0.2) is 34.2 Å². The number of unbranched alkanes of at least 4 members (excludes halogenated alkanes) is 4. The molecule has 3 heterocycles. The zero-order chi connectivity index (χ0) is 55.5. The number of esters is 1. The van der Waals surface area contributed by atoms with Crippen LogP contribution in [0.15, 0.2) is 0 Å². The monoisotopic (exact) mass is 1070 g/mol. The first-order valence-electron chi connectivity index (χ1n) is 21.0. The van der Waals surface area contributed by atoms with Crippen molar-refractivity contribution in [1.82, 2.24) is 56.2 Å². The van der Waals surface area contributed by atoms with E-state index in [1.54, 1.807) is 20.8 Å². The van der Waals surface area contributed by atoms with Crippen LogP contribution in [0.5, 0.6) is 0 Å². The molecule has 3 aromatic rings. The maximum atomic E-state index is 13.0. The number of halogens is 15. The van der Waals surface area contributed by atoms with Crippen molar-refractivity contribution in [3.8, 4) is 0 Å². The van der Waals surface area contributed by atoms with Crippen LogP contribution in [0.3, 0.4) is 0 Å². The Balaban J connectivity index is 0.000000548. The fourth-order valence-electron chi connectivity index (χ4n) is 4.97. The number of aliphatic hydroxyl groups is 1. The third-order valence-electron chi connectivity index (χ3n) is 8.22. The molecule has 2 amide bonds. The van der Waals surface area contributed by atoms with Crippen molar-refractivity contribution in [1.29, 1.82) is 0 Å². The van der Waals surface area contributed by atoms with Crippen molar-refractivity contribution >= 4 is 29.4 Å². The Hall–Kier alpha value is -6.31. The van der Waals surface area contributed by atoms with Crippen LogP contribution in [0.2, 0.25) is 0 Å². The normalized spacial score (nSPS) is 12.2. The van der Waals surface area contributed by atoms with E-state index in [9.17, 15) is 89.8 Å². The third-order valence-corrected chi connectivity index (χ3v) is 8.22. The molecule has 0 atom stereocenters. The molecule has 0 aliphatic carbocycles. The molecule has 0 aliphatic rings. The van der Waals surface area contributed by atoms with E-state index in [4.69, 9.17) is 9.84 Å². The van der Waals surface area contributed by atoms with Crippen LogP contribution < -0.4 is 10.6 Å². The van der Waals surface area contributed by atoms with Crippen LogP contribution in [-0.2, 0) is 40.4 Å². The van der Waals surface area contributed by atoms with Gasteiger partial charge in [-0.05, 0) is 52.9 Å². The molecule has 72 heavy (non-hydrogen) atoms. The minimum atomic E-state index is -5.47. The predicted molar refractivity (Wildman–Crippen MR) is 213 cm³/mol. The lowest BCUT2D eigenvalue weighted by Gasteiger charge is -2.19. The molecule has 0 aromatic carbocycles. The lowest BCUT2D eigenvalue weighted by atomic mass is 10.1. The Bertz CT molecular complexity index is 2290. The van der Waals surface area contributed by atoms with Gasteiger partial charge in [-0.1, -0.05) is 33.1 Å². The number of ether oxygens (including phenoxy) is 1. The molecule has 0 spiro atoms. The molecule has 0 saturated heterocycles. The number of hydrogen-bond acceptors (Lipinski definition) is 16. The Labute approximate surface area is 398 Å². The summed E-state index contributed by atoms with van der Waals surface area (Å²) in [7, 11) is 0. The van der Waals surface area contributed by atoms with E-state index < -0.39 is 130 Å². The predicted octanol–water partition coefficient (Wildman–Crippen LogP) is 8.20. The van der Waals surface area contributed by atoms with E-state index in [1.165, 1.54) is 0 Å². The lowest BCUT2D eigenvalue weighted by Crippen LogP contribution is -2.30. The maximum Gasteiger partial charge on any atom is 0.437 e. The minimum Gasteiger partial charge on any atom is -0.460 e. The van der Waals surface area contributed by atoms with Crippen LogP contribution >= 0.6 is 0 Å². The molecule has 0 bridgehead atoms. The highest BCUT2D eigenvalue weighted by Crippen LogP contribution is 2.39. The van der Waals surface area contributed by atoms with Crippen LogP contribution in [0, 0.1) is 0 Å². The fraction of sp³-hybridized carbons (Fsp3) is 0.641. The number of carbonyl (C=O) groups excluding carboxylic acids is 5. The first kappa shape index (κ1) is 63.7. The van der Waals surface area contributed by atoms with Gasteiger partial charge in [0.2, 0.25) is 29.0 Å². The van der Waals surface area contributed by atoms with Crippen molar-refractivity contribution in [3.63, 3.8) is 0 Å². The number of aromatic nitrogens is 9. The smallest absolute Gasteiger partial charge is 0.437 e. The molecule has 0 radical (unpaired) electrons. The average molecular weight is 1070 g/mol. The van der Waals surface area contributed by atoms with E-state index >= 15 is 0 Å². The van der Waals surface area contributed by atoms with Gasteiger partial charge in [-0.25, -0.2) is 15.0 Å². The third kappa shape index (κ3) is 22.4. The molecule has 3 N–H and O–H groups in total. The highest BCUT2D eigenvalue weighted by molar-refractivity contribution is 5.96. The first-order valence-corrected chi connectivity index (χ1v) is 21.0. The number of alkyl halides is 15. The minimum absolute atomic E-state index is 0.0592. The van der Waals surface area contributed by atoms with Gasteiger partial charge in [0.05, 0.1) is 0 Å². The molecule has 0 unspecified atom stereocenters. The van der Waals surface area contributed by atoms with Gasteiger partial charge >= 0.3 is 36.9 Å². The van der Waals surface area contributed by atoms with E-state index in [1.807, 2.05) is 13.8 Å². The molecule has 0 saturated carbocycles. The number of carbonyl (C=O) groups is 5. The number of ketones is 2. The molecular formula is C39H46F15N11O7. The summed E-state index contributed by atoms with van der Waals surface area (Å²) < 4.78 is 195. The van der Waals surface area contributed by atoms with Gasteiger partial charge in [-0.2, -0.15) is 65.9 Å². The Morgan fingerprint density at radius 3 is 1.29 bits per heavy atom. The van der Waals surface area contributed by atoms with Crippen molar-refractivity contribution in [2.75, 3.05) is 19.7 Å². The van der Waals surface area contributed by atoms with E-state index in [2.05, 4.69) is 56.2 Å². The van der Waals surface area contributed by atoms with Crippen LogP contribution in [-0.4, -0.2) is 105 Å². The second-order valence-corrected chi connectivity index (χ2v) is 15.5. The van der Waals surface area contributed by atoms with Crippen molar-refractivity contribution in [2.24, 2.45) is 0 Å². The first-order chi connectivity index (χ1) is 33.0.